The Balaban J connectivity index is 1.97. The largest absolute Gasteiger partial charge is 0.351 e. The minimum Gasteiger partial charge on any atom is -0.351 e. The van der Waals surface area contributed by atoms with Gasteiger partial charge in [0.25, 0.3) is 5.91 Å². The van der Waals surface area contributed by atoms with Crippen LogP contribution in [0.2, 0.25) is 0 Å². The maximum absolute atomic E-state index is 12.3. The predicted molar refractivity (Wildman–Crippen MR) is 104 cm³/mol. The number of rotatable bonds is 8. The van der Waals surface area contributed by atoms with Gasteiger partial charge in [-0.2, -0.15) is 0 Å². The van der Waals surface area contributed by atoms with E-state index in [-0.39, 0.29) is 30.4 Å². The normalized spacial score (nSPS) is 10.4. The summed E-state index contributed by atoms with van der Waals surface area (Å²) in [7, 11) is 0. The number of aryl methyl sites for hydroxylation is 2. The fourth-order valence-corrected chi connectivity index (χ4v) is 3.50. The molecule has 2 amide bonds. The van der Waals surface area contributed by atoms with Gasteiger partial charge in [0, 0.05) is 41.2 Å². The van der Waals surface area contributed by atoms with Crippen LogP contribution in [0.3, 0.4) is 0 Å². The number of hydrogen-bond acceptors (Lipinski definition) is 5. The number of ketones is 1. The summed E-state index contributed by atoms with van der Waals surface area (Å²) in [6.45, 7) is 4.55. The first-order valence-corrected chi connectivity index (χ1v) is 9.21. The van der Waals surface area contributed by atoms with E-state index in [2.05, 4.69) is 10.6 Å². The van der Waals surface area contributed by atoms with Crippen LogP contribution in [-0.2, 0) is 4.79 Å². The van der Waals surface area contributed by atoms with Crippen molar-refractivity contribution >= 4 is 34.6 Å². The highest BCUT2D eigenvalue weighted by molar-refractivity contribution is 7.12. The minimum absolute atomic E-state index is 0.0454. The van der Waals surface area contributed by atoms with Crippen molar-refractivity contribution in [3.63, 3.8) is 0 Å². The fourth-order valence-electron chi connectivity index (χ4n) is 2.55. The molecule has 7 heteroatoms. The third-order valence-corrected chi connectivity index (χ3v) is 4.76. The monoisotopic (exact) mass is 373 g/mol. The summed E-state index contributed by atoms with van der Waals surface area (Å²) in [6.07, 6.45) is 0.191. The summed E-state index contributed by atoms with van der Waals surface area (Å²) in [5.41, 5.74) is 6.85. The molecular weight excluding hydrogens is 350 g/mol. The molecule has 1 aromatic carbocycles. The van der Waals surface area contributed by atoms with E-state index in [0.29, 0.717) is 29.9 Å². The summed E-state index contributed by atoms with van der Waals surface area (Å²) in [4.78, 5) is 38.7. The fraction of sp³-hybridized carbons (Fsp3) is 0.316. The Morgan fingerprint density at radius 2 is 1.81 bits per heavy atom. The third kappa shape index (κ3) is 5.24. The molecule has 0 unspecified atom stereocenters. The van der Waals surface area contributed by atoms with E-state index in [1.54, 1.807) is 35.6 Å². The number of thiophene rings is 1. The number of carbonyl (C=O) groups excluding carboxylic acids is 3. The number of nitrogens with two attached hydrogens (primary N) is 1. The Labute approximate surface area is 156 Å². The second-order valence-electron chi connectivity index (χ2n) is 5.89. The SMILES string of the molecule is Cc1cc(C(=O)CCC(=O)Nc2ccccc2C(=O)NCCN)c(C)s1. The summed E-state index contributed by atoms with van der Waals surface area (Å²) in [5.74, 6) is -0.648. The van der Waals surface area contributed by atoms with E-state index in [4.69, 9.17) is 5.73 Å². The summed E-state index contributed by atoms with van der Waals surface area (Å²) < 4.78 is 0. The van der Waals surface area contributed by atoms with Crippen molar-refractivity contribution in [1.29, 1.82) is 0 Å². The van der Waals surface area contributed by atoms with E-state index < -0.39 is 0 Å². The summed E-state index contributed by atoms with van der Waals surface area (Å²) in [6, 6.07) is 8.60. The van der Waals surface area contributed by atoms with E-state index in [0.717, 1.165) is 9.75 Å². The molecule has 0 atom stereocenters. The second-order valence-corrected chi connectivity index (χ2v) is 7.35. The molecule has 138 valence electrons. The zero-order valence-corrected chi connectivity index (χ0v) is 15.7. The van der Waals surface area contributed by atoms with Gasteiger partial charge in [0.05, 0.1) is 11.3 Å². The molecule has 0 fully saturated rings. The van der Waals surface area contributed by atoms with E-state index >= 15 is 0 Å². The van der Waals surface area contributed by atoms with Crippen LogP contribution in [0.5, 0.6) is 0 Å². The molecule has 0 spiro atoms. The van der Waals surface area contributed by atoms with E-state index in [1.165, 1.54) is 0 Å². The van der Waals surface area contributed by atoms with Crippen molar-refractivity contribution in [1.82, 2.24) is 5.32 Å². The molecule has 0 radical (unpaired) electrons. The molecular formula is C19H23N3O3S. The Bertz CT molecular complexity index is 814. The molecule has 1 aromatic heterocycles. The highest BCUT2D eigenvalue weighted by atomic mass is 32.1. The van der Waals surface area contributed by atoms with Gasteiger partial charge < -0.3 is 16.4 Å². The van der Waals surface area contributed by atoms with Crippen molar-refractivity contribution in [2.24, 2.45) is 5.73 Å². The molecule has 0 aliphatic carbocycles. The number of amides is 2. The van der Waals surface area contributed by atoms with Gasteiger partial charge in [-0.15, -0.1) is 11.3 Å². The lowest BCUT2D eigenvalue weighted by molar-refractivity contribution is -0.116. The molecule has 4 N–H and O–H groups in total. The van der Waals surface area contributed by atoms with Crippen molar-refractivity contribution in [2.45, 2.75) is 26.7 Å². The van der Waals surface area contributed by atoms with Crippen LogP contribution >= 0.6 is 11.3 Å². The molecule has 2 rings (SSSR count). The van der Waals surface area contributed by atoms with Crippen molar-refractivity contribution in [2.75, 3.05) is 18.4 Å². The number of para-hydroxylation sites is 1. The number of benzene rings is 1. The van der Waals surface area contributed by atoms with E-state index in [9.17, 15) is 14.4 Å². The van der Waals surface area contributed by atoms with E-state index in [1.807, 2.05) is 19.9 Å². The first-order valence-electron chi connectivity index (χ1n) is 8.39. The average molecular weight is 373 g/mol. The van der Waals surface area contributed by atoms with Crippen LogP contribution in [0, 0.1) is 13.8 Å². The Kier molecular flexibility index (Phi) is 7.06. The van der Waals surface area contributed by atoms with Gasteiger partial charge in [-0.3, -0.25) is 14.4 Å². The topological polar surface area (TPSA) is 101 Å². The van der Waals surface area contributed by atoms with Crippen LogP contribution in [0.15, 0.2) is 30.3 Å². The Morgan fingerprint density at radius 3 is 2.46 bits per heavy atom. The first-order chi connectivity index (χ1) is 12.4. The minimum atomic E-state index is -0.304. The number of Topliss-reactive ketones (excluding diaryl/α,β-unsaturated/α-hetero) is 1. The maximum Gasteiger partial charge on any atom is 0.253 e. The van der Waals surface area contributed by atoms with Crippen LogP contribution < -0.4 is 16.4 Å². The molecule has 0 saturated heterocycles. The first kappa shape index (κ1) is 19.8. The smallest absolute Gasteiger partial charge is 0.253 e. The quantitative estimate of drug-likeness (QED) is 0.619. The molecule has 26 heavy (non-hydrogen) atoms. The lowest BCUT2D eigenvalue weighted by atomic mass is 10.1. The summed E-state index contributed by atoms with van der Waals surface area (Å²) in [5, 5.41) is 5.39. The Hall–Kier alpha value is -2.51. The standard InChI is InChI=1S/C19H23N3O3S/c1-12-11-15(13(2)26-12)17(23)7-8-18(24)22-16-6-4-3-5-14(16)19(25)21-10-9-20/h3-6,11H,7-10,20H2,1-2H3,(H,21,25)(H,22,24). The molecule has 6 nitrogen and oxygen atoms in total. The van der Waals surface area contributed by atoms with Gasteiger partial charge in [-0.25, -0.2) is 0 Å². The van der Waals surface area contributed by atoms with Crippen LogP contribution in [0.4, 0.5) is 5.69 Å². The van der Waals surface area contributed by atoms with Crippen molar-refractivity contribution < 1.29 is 14.4 Å². The zero-order valence-electron chi connectivity index (χ0n) is 14.9. The number of hydrogen-bond donors (Lipinski definition) is 3. The van der Waals surface area contributed by atoms with Gasteiger partial charge >= 0.3 is 0 Å². The number of nitrogens with one attached hydrogen (secondary N) is 2. The Morgan fingerprint density at radius 1 is 1.08 bits per heavy atom. The van der Waals surface area contributed by atoms with Crippen molar-refractivity contribution in [3.05, 3.63) is 51.2 Å². The van der Waals surface area contributed by atoms with Gasteiger partial charge in [0.15, 0.2) is 5.78 Å². The average Bonchev–Trinajstić information content (AvgIpc) is 2.96. The zero-order chi connectivity index (χ0) is 19.1. The molecule has 0 saturated carbocycles. The van der Waals surface area contributed by atoms with Gasteiger partial charge in [-0.05, 0) is 32.0 Å². The highest BCUT2D eigenvalue weighted by Gasteiger charge is 2.16. The summed E-state index contributed by atoms with van der Waals surface area (Å²) >= 11 is 1.57. The number of carbonyl (C=O) groups is 3. The molecule has 2 aromatic rings. The van der Waals surface area contributed by atoms with Crippen LogP contribution in [-0.4, -0.2) is 30.7 Å². The van der Waals surface area contributed by atoms with Gasteiger partial charge in [0.1, 0.15) is 0 Å². The van der Waals surface area contributed by atoms with Crippen molar-refractivity contribution in [3.8, 4) is 0 Å². The number of anilines is 1. The molecule has 0 aliphatic heterocycles. The lowest BCUT2D eigenvalue weighted by Crippen LogP contribution is -2.30. The molecule has 0 aliphatic rings. The highest BCUT2D eigenvalue weighted by Crippen LogP contribution is 2.22. The maximum atomic E-state index is 12.3. The molecule has 0 bridgehead atoms. The van der Waals surface area contributed by atoms with Crippen LogP contribution in [0.1, 0.15) is 43.3 Å². The van der Waals surface area contributed by atoms with Gasteiger partial charge in [-0.1, -0.05) is 12.1 Å². The third-order valence-electron chi connectivity index (χ3n) is 3.80. The second kappa shape index (κ2) is 9.26. The predicted octanol–water partition coefficient (Wildman–Crippen LogP) is 2.66. The van der Waals surface area contributed by atoms with Crippen LogP contribution in [0.25, 0.3) is 0 Å². The molecule has 1 heterocycles. The van der Waals surface area contributed by atoms with Gasteiger partial charge in [0.2, 0.25) is 5.91 Å². The lowest BCUT2D eigenvalue weighted by Gasteiger charge is -2.11.